The van der Waals surface area contributed by atoms with E-state index in [1.807, 2.05) is 66.9 Å². The van der Waals surface area contributed by atoms with Gasteiger partial charge in [-0.25, -0.2) is 14.4 Å². The minimum atomic E-state index is -0.301. The number of anilines is 3. The molecule has 2 aromatic heterocycles. The topological polar surface area (TPSA) is 49.2 Å². The van der Waals surface area contributed by atoms with Gasteiger partial charge in [-0.15, -0.1) is 0 Å². The van der Waals surface area contributed by atoms with Crippen LogP contribution in [0.3, 0.4) is 0 Å². The van der Waals surface area contributed by atoms with E-state index in [1.165, 1.54) is 12.1 Å². The van der Waals surface area contributed by atoms with Gasteiger partial charge < -0.3 is 5.11 Å². The molecule has 0 aliphatic carbocycles. The third-order valence-corrected chi connectivity index (χ3v) is 10.9. The molecule has 0 radical (unpaired) electrons. The first kappa shape index (κ1) is 40.0. The lowest BCUT2D eigenvalue weighted by atomic mass is 9.78. The Morgan fingerprint density at radius 1 is 0.517 bits per heavy atom. The maximum Gasteiger partial charge on any atom is 0.137 e. The van der Waals surface area contributed by atoms with Gasteiger partial charge in [0, 0.05) is 34.3 Å². The van der Waals surface area contributed by atoms with Crippen LogP contribution in [0.25, 0.3) is 44.8 Å². The first-order valence-corrected chi connectivity index (χ1v) is 20.5. The summed E-state index contributed by atoms with van der Waals surface area (Å²) < 4.78 is 13.8. The van der Waals surface area contributed by atoms with E-state index in [4.69, 9.17) is 9.97 Å². The molecule has 298 valence electrons. The number of nitrogens with zero attached hydrogens (tertiary/aromatic N) is 3. The highest BCUT2D eigenvalue weighted by atomic mass is 19.1. The van der Waals surface area contributed by atoms with Crippen molar-refractivity contribution in [2.45, 2.75) is 58.8 Å². The molecule has 8 rings (SSSR count). The molecule has 8 aromatic rings. The van der Waals surface area contributed by atoms with Gasteiger partial charge in [0.25, 0.3) is 0 Å². The number of phenolic OH excluding ortho intramolecular Hbond substituents is 1. The van der Waals surface area contributed by atoms with E-state index in [1.54, 1.807) is 0 Å². The van der Waals surface area contributed by atoms with Crippen molar-refractivity contribution in [2.75, 3.05) is 4.90 Å². The molecule has 1 N–H and O–H groups in total. The number of hydrogen-bond donors (Lipinski definition) is 1. The molecular weight excluding hydrogens is 738 g/mol. The van der Waals surface area contributed by atoms with Crippen molar-refractivity contribution in [3.05, 3.63) is 204 Å². The first-order valence-electron chi connectivity index (χ1n) is 20.5. The Hall–Kier alpha value is -6.85. The normalized spacial score (nSPS) is 11.7. The van der Waals surface area contributed by atoms with Crippen molar-refractivity contribution in [1.82, 2.24) is 9.97 Å². The lowest BCUT2D eigenvalue weighted by molar-refractivity contribution is 0.446. The molecular formula is C55H50FN3O. The SMILES string of the molecule is CC(C)(C)c1cc(-c2cc(-c3ccccc3)cc(-c3cc(-c4ccccc4)cc(N(c4ccccc4)c4cc(Cc5ccc(F)cc5)ccn4)c3)n2)c(O)c(C(C)(C)C)c1. The Kier molecular flexibility index (Phi) is 10.9. The predicted molar refractivity (Wildman–Crippen MR) is 247 cm³/mol. The van der Waals surface area contributed by atoms with Crippen LogP contribution in [0.15, 0.2) is 176 Å². The molecule has 0 saturated carbocycles. The van der Waals surface area contributed by atoms with Crippen molar-refractivity contribution in [3.8, 4) is 50.5 Å². The standard InChI is InChI=1S/C55H50FN3O/c1-54(2,3)44-35-48(53(60)49(36-44)55(4,5)6)51-34-42(40-18-12-8-13-19-40)33-50(58-51)43-30-41(39-16-10-7-11-17-39)31-47(32-43)59(46-20-14-9-15-21-46)52-29-38(26-27-57-52)28-37-22-24-45(56)25-23-37/h7-27,29-36,60H,28H2,1-6H3. The van der Waals surface area contributed by atoms with Gasteiger partial charge >= 0.3 is 0 Å². The number of aromatic hydroxyl groups is 1. The highest BCUT2D eigenvalue weighted by Crippen LogP contribution is 2.44. The maximum atomic E-state index is 13.8. The van der Waals surface area contributed by atoms with Gasteiger partial charge in [-0.3, -0.25) is 4.90 Å². The summed E-state index contributed by atoms with van der Waals surface area (Å²) in [5, 5.41) is 12.1. The lowest BCUT2D eigenvalue weighted by Gasteiger charge is -2.28. The Labute approximate surface area is 353 Å². The van der Waals surface area contributed by atoms with Crippen LogP contribution in [0.2, 0.25) is 0 Å². The number of rotatable bonds is 9. The third-order valence-electron chi connectivity index (χ3n) is 10.9. The summed E-state index contributed by atoms with van der Waals surface area (Å²) in [5.74, 6) is 0.751. The predicted octanol–water partition coefficient (Wildman–Crippen LogP) is 14.6. The Balaban J connectivity index is 1.36. The van der Waals surface area contributed by atoms with Crippen molar-refractivity contribution in [3.63, 3.8) is 0 Å². The third kappa shape index (κ3) is 8.76. The number of benzene rings is 6. The second-order valence-electron chi connectivity index (χ2n) is 17.5. The molecule has 0 spiro atoms. The van der Waals surface area contributed by atoms with Gasteiger partial charge in [-0.2, -0.15) is 0 Å². The fourth-order valence-corrected chi connectivity index (χ4v) is 7.66. The smallest absolute Gasteiger partial charge is 0.137 e. The number of aromatic nitrogens is 2. The van der Waals surface area contributed by atoms with Crippen LogP contribution in [0.5, 0.6) is 5.75 Å². The number of para-hydroxylation sites is 1. The number of halogens is 1. The number of hydrogen-bond acceptors (Lipinski definition) is 4. The van der Waals surface area contributed by atoms with Gasteiger partial charge in [-0.1, -0.05) is 139 Å². The van der Waals surface area contributed by atoms with Crippen molar-refractivity contribution in [1.29, 1.82) is 0 Å². The summed E-state index contributed by atoms with van der Waals surface area (Å²) in [6.45, 7) is 13.0. The zero-order valence-electron chi connectivity index (χ0n) is 35.1. The summed E-state index contributed by atoms with van der Waals surface area (Å²) in [6, 6.07) is 56.9. The largest absolute Gasteiger partial charge is 0.507 e. The van der Waals surface area contributed by atoms with Gasteiger partial charge in [0.1, 0.15) is 17.4 Å². The van der Waals surface area contributed by atoms with Crippen LogP contribution >= 0.6 is 0 Å². The summed E-state index contributed by atoms with van der Waals surface area (Å²) >= 11 is 0. The van der Waals surface area contributed by atoms with Crippen LogP contribution in [0.4, 0.5) is 21.6 Å². The fourth-order valence-electron chi connectivity index (χ4n) is 7.66. The summed E-state index contributed by atoms with van der Waals surface area (Å²) in [4.78, 5) is 12.6. The van der Waals surface area contributed by atoms with Crippen LogP contribution in [-0.2, 0) is 17.3 Å². The Morgan fingerprint density at radius 3 is 1.72 bits per heavy atom. The second kappa shape index (κ2) is 16.4. The van der Waals surface area contributed by atoms with E-state index < -0.39 is 0 Å². The van der Waals surface area contributed by atoms with Gasteiger partial charge in [0.15, 0.2) is 0 Å². The van der Waals surface area contributed by atoms with E-state index in [-0.39, 0.29) is 22.4 Å². The fraction of sp³-hybridized carbons (Fsp3) is 0.164. The van der Waals surface area contributed by atoms with Gasteiger partial charge in [0.05, 0.1) is 11.4 Å². The molecule has 0 atom stereocenters. The molecule has 2 heterocycles. The van der Waals surface area contributed by atoms with Crippen LogP contribution in [0, 0.1) is 5.82 Å². The van der Waals surface area contributed by atoms with Crippen LogP contribution in [-0.4, -0.2) is 15.1 Å². The van der Waals surface area contributed by atoms with Crippen LogP contribution in [0.1, 0.15) is 63.8 Å². The second-order valence-corrected chi connectivity index (χ2v) is 17.5. The molecule has 0 fully saturated rings. The first-order chi connectivity index (χ1) is 28.8. The molecule has 5 heteroatoms. The van der Waals surface area contributed by atoms with Crippen LogP contribution < -0.4 is 4.90 Å². The molecule has 6 aromatic carbocycles. The molecule has 4 nitrogen and oxygen atoms in total. The number of pyridine rings is 2. The van der Waals surface area contributed by atoms with E-state index in [0.717, 1.165) is 73.0 Å². The van der Waals surface area contributed by atoms with Crippen molar-refractivity contribution in [2.24, 2.45) is 0 Å². The molecule has 0 bridgehead atoms. The Bertz CT molecular complexity index is 2750. The zero-order valence-corrected chi connectivity index (χ0v) is 35.1. The summed E-state index contributed by atoms with van der Waals surface area (Å²) in [6.07, 6.45) is 2.47. The maximum absolute atomic E-state index is 13.8. The monoisotopic (exact) mass is 787 g/mol. The van der Waals surface area contributed by atoms with Crippen molar-refractivity contribution < 1.29 is 9.50 Å². The minimum Gasteiger partial charge on any atom is -0.507 e. The highest BCUT2D eigenvalue weighted by Gasteiger charge is 2.27. The summed E-state index contributed by atoms with van der Waals surface area (Å²) in [7, 11) is 0. The van der Waals surface area contributed by atoms with Gasteiger partial charge in [-0.05, 0) is 129 Å². The average molecular weight is 788 g/mol. The Morgan fingerprint density at radius 2 is 1.10 bits per heavy atom. The molecule has 0 unspecified atom stereocenters. The van der Waals surface area contributed by atoms with Gasteiger partial charge in [0.2, 0.25) is 0 Å². The lowest BCUT2D eigenvalue weighted by Crippen LogP contribution is -2.17. The average Bonchev–Trinajstić information content (AvgIpc) is 3.25. The van der Waals surface area contributed by atoms with E-state index in [0.29, 0.717) is 17.7 Å². The van der Waals surface area contributed by atoms with Crippen molar-refractivity contribution >= 4 is 17.2 Å². The van der Waals surface area contributed by atoms with E-state index in [9.17, 15) is 9.50 Å². The molecule has 0 aliphatic heterocycles. The highest BCUT2D eigenvalue weighted by molar-refractivity contribution is 5.86. The molecule has 0 aliphatic rings. The minimum absolute atomic E-state index is 0.160. The molecule has 60 heavy (non-hydrogen) atoms. The summed E-state index contributed by atoms with van der Waals surface area (Å²) in [5.41, 5.74) is 12.7. The quantitative estimate of drug-likeness (QED) is 0.158. The molecule has 0 saturated heterocycles. The van der Waals surface area contributed by atoms with E-state index in [2.05, 4.69) is 144 Å². The number of phenols is 1. The molecule has 0 amide bonds. The zero-order chi connectivity index (χ0) is 42.0. The van der Waals surface area contributed by atoms with E-state index >= 15 is 0 Å².